The average molecular weight is 476 g/mol. The quantitative estimate of drug-likeness (QED) is 0.355. The van der Waals surface area contributed by atoms with Crippen LogP contribution in [0.1, 0.15) is 73.3 Å². The van der Waals surface area contributed by atoms with Crippen LogP contribution in [0.3, 0.4) is 0 Å². The monoisotopic (exact) mass is 475 g/mol. The van der Waals surface area contributed by atoms with Gasteiger partial charge in [-0.1, -0.05) is 0 Å². The molecular formula is C27H27F2N5O. The standard InChI is InChI=1S/C27H27F2N5O/c1-14-8-17(9-25(35-14)18-12-30-34(13-18)20-5-6-20)23-11-24-27(32-16(3)15(2)31-24)26(33-23)21-7-4-19(28)10-22(21)29/h4,7,10-14,17,20,25H,5-6,8-9H2,1-3H3/t14-,17-,25+/m0/s1. The van der Waals surface area contributed by atoms with E-state index in [1.807, 2.05) is 30.8 Å². The molecular weight excluding hydrogens is 448 g/mol. The number of ether oxygens (including phenoxy) is 1. The number of aromatic nitrogens is 5. The summed E-state index contributed by atoms with van der Waals surface area (Å²) in [7, 11) is 0. The van der Waals surface area contributed by atoms with E-state index in [2.05, 4.69) is 23.2 Å². The molecule has 1 aliphatic heterocycles. The normalized spacial score (nSPS) is 22.6. The van der Waals surface area contributed by atoms with Crippen LogP contribution in [0.5, 0.6) is 0 Å². The van der Waals surface area contributed by atoms with Crippen LogP contribution in [0.2, 0.25) is 0 Å². The van der Waals surface area contributed by atoms with Gasteiger partial charge in [0.1, 0.15) is 22.8 Å². The lowest BCUT2D eigenvalue weighted by Crippen LogP contribution is -2.25. The van der Waals surface area contributed by atoms with Gasteiger partial charge in [0, 0.05) is 35.0 Å². The van der Waals surface area contributed by atoms with Crippen molar-refractivity contribution in [1.29, 1.82) is 0 Å². The molecule has 0 radical (unpaired) electrons. The fraction of sp³-hybridized carbons (Fsp3) is 0.407. The zero-order valence-electron chi connectivity index (χ0n) is 20.0. The Morgan fingerprint density at radius 1 is 1.00 bits per heavy atom. The maximum Gasteiger partial charge on any atom is 0.135 e. The third-order valence-electron chi connectivity index (χ3n) is 7.11. The molecule has 1 saturated heterocycles. The van der Waals surface area contributed by atoms with Crippen LogP contribution in [0.4, 0.5) is 8.78 Å². The van der Waals surface area contributed by atoms with Crippen LogP contribution in [-0.4, -0.2) is 30.8 Å². The van der Waals surface area contributed by atoms with Crippen molar-refractivity contribution in [3.05, 3.63) is 70.9 Å². The van der Waals surface area contributed by atoms with Crippen LogP contribution in [-0.2, 0) is 4.74 Å². The van der Waals surface area contributed by atoms with E-state index in [0.717, 1.165) is 41.6 Å². The summed E-state index contributed by atoms with van der Waals surface area (Å²) in [5, 5.41) is 4.54. The number of hydrogen-bond acceptors (Lipinski definition) is 5. The second kappa shape index (κ2) is 8.45. The van der Waals surface area contributed by atoms with Crippen molar-refractivity contribution in [2.75, 3.05) is 0 Å². The van der Waals surface area contributed by atoms with Crippen molar-refractivity contribution < 1.29 is 13.5 Å². The lowest BCUT2D eigenvalue weighted by molar-refractivity contribution is -0.0506. The number of aryl methyl sites for hydroxylation is 2. The minimum atomic E-state index is -0.665. The van der Waals surface area contributed by atoms with Crippen LogP contribution < -0.4 is 0 Å². The number of nitrogens with zero attached hydrogens (tertiary/aromatic N) is 5. The predicted octanol–water partition coefficient (Wildman–Crippen LogP) is 6.14. The SMILES string of the molecule is Cc1nc2cc([C@H]3C[C@H](C)O[C@@H](c4cnn(C5CC5)c4)C3)nc(-c3ccc(F)cc3F)c2nc1C. The molecule has 180 valence electrons. The zero-order valence-corrected chi connectivity index (χ0v) is 20.0. The average Bonchev–Trinajstić information content (AvgIpc) is 3.55. The summed E-state index contributed by atoms with van der Waals surface area (Å²) in [5.41, 5.74) is 5.25. The maximum atomic E-state index is 14.9. The van der Waals surface area contributed by atoms with E-state index in [1.165, 1.54) is 25.0 Å². The zero-order chi connectivity index (χ0) is 24.3. The van der Waals surface area contributed by atoms with Crippen molar-refractivity contribution in [3.8, 4) is 11.3 Å². The Kier molecular flexibility index (Phi) is 5.36. The Morgan fingerprint density at radius 3 is 2.57 bits per heavy atom. The minimum absolute atomic E-state index is 0.0253. The van der Waals surface area contributed by atoms with Gasteiger partial charge in [-0.25, -0.2) is 23.7 Å². The van der Waals surface area contributed by atoms with Crippen molar-refractivity contribution in [2.24, 2.45) is 0 Å². The second-order valence-electron chi connectivity index (χ2n) is 9.87. The fourth-order valence-electron chi connectivity index (χ4n) is 4.99. The van der Waals surface area contributed by atoms with Gasteiger partial charge in [-0.05, 0) is 64.7 Å². The summed E-state index contributed by atoms with van der Waals surface area (Å²) in [6.07, 6.45) is 7.82. The topological polar surface area (TPSA) is 65.7 Å². The second-order valence-corrected chi connectivity index (χ2v) is 9.87. The number of hydrogen-bond donors (Lipinski definition) is 0. The lowest BCUT2D eigenvalue weighted by Gasteiger charge is -2.33. The van der Waals surface area contributed by atoms with E-state index < -0.39 is 11.6 Å². The van der Waals surface area contributed by atoms with Crippen molar-refractivity contribution in [3.63, 3.8) is 0 Å². The first-order valence-electron chi connectivity index (χ1n) is 12.2. The number of rotatable bonds is 4. The lowest BCUT2D eigenvalue weighted by atomic mass is 9.87. The Labute approximate surface area is 202 Å². The third-order valence-corrected chi connectivity index (χ3v) is 7.11. The van der Waals surface area contributed by atoms with Crippen LogP contribution in [0.25, 0.3) is 22.3 Å². The van der Waals surface area contributed by atoms with Gasteiger partial charge in [0.05, 0.1) is 41.4 Å². The first-order chi connectivity index (χ1) is 16.9. The van der Waals surface area contributed by atoms with Gasteiger partial charge >= 0.3 is 0 Å². The third kappa shape index (κ3) is 4.20. The molecule has 0 N–H and O–H groups in total. The number of halogens is 2. The van der Waals surface area contributed by atoms with Gasteiger partial charge in [-0.2, -0.15) is 5.10 Å². The van der Waals surface area contributed by atoms with Gasteiger partial charge in [-0.15, -0.1) is 0 Å². The largest absolute Gasteiger partial charge is 0.370 e. The van der Waals surface area contributed by atoms with E-state index in [0.29, 0.717) is 22.8 Å². The van der Waals surface area contributed by atoms with E-state index in [9.17, 15) is 8.78 Å². The van der Waals surface area contributed by atoms with Gasteiger partial charge in [-0.3, -0.25) is 4.68 Å². The van der Waals surface area contributed by atoms with E-state index >= 15 is 0 Å². The van der Waals surface area contributed by atoms with Crippen molar-refractivity contribution in [1.82, 2.24) is 24.7 Å². The summed E-state index contributed by atoms with van der Waals surface area (Å²) in [5.74, 6) is -1.21. The molecule has 0 amide bonds. The Balaban J connectivity index is 1.43. The highest BCUT2D eigenvalue weighted by Gasteiger charge is 2.33. The Morgan fingerprint density at radius 2 is 1.80 bits per heavy atom. The van der Waals surface area contributed by atoms with Crippen LogP contribution in [0, 0.1) is 25.5 Å². The molecule has 3 atom stereocenters. The first kappa shape index (κ1) is 22.2. The molecule has 1 aliphatic carbocycles. The van der Waals surface area contributed by atoms with Gasteiger partial charge in [0.25, 0.3) is 0 Å². The molecule has 4 aromatic rings. The molecule has 8 heteroatoms. The number of pyridine rings is 1. The minimum Gasteiger partial charge on any atom is -0.370 e. The molecule has 35 heavy (non-hydrogen) atoms. The summed E-state index contributed by atoms with van der Waals surface area (Å²) < 4.78 is 36.9. The first-order valence-corrected chi connectivity index (χ1v) is 12.2. The molecule has 2 aliphatic rings. The molecule has 6 rings (SSSR count). The van der Waals surface area contributed by atoms with Gasteiger partial charge < -0.3 is 4.74 Å². The maximum absolute atomic E-state index is 14.9. The highest BCUT2D eigenvalue weighted by molar-refractivity contribution is 5.89. The van der Waals surface area contributed by atoms with Crippen molar-refractivity contribution >= 4 is 11.0 Å². The van der Waals surface area contributed by atoms with Gasteiger partial charge in [0.15, 0.2) is 0 Å². The fourth-order valence-corrected chi connectivity index (χ4v) is 4.99. The molecule has 1 aromatic carbocycles. The predicted molar refractivity (Wildman–Crippen MR) is 128 cm³/mol. The molecule has 0 unspecified atom stereocenters. The molecule has 1 saturated carbocycles. The van der Waals surface area contributed by atoms with E-state index in [-0.39, 0.29) is 23.7 Å². The molecule has 6 nitrogen and oxygen atoms in total. The molecule has 3 aromatic heterocycles. The summed E-state index contributed by atoms with van der Waals surface area (Å²) in [6.45, 7) is 5.84. The number of benzene rings is 1. The Hall–Kier alpha value is -3.26. The Bertz CT molecular complexity index is 1430. The molecule has 4 heterocycles. The van der Waals surface area contributed by atoms with E-state index in [4.69, 9.17) is 14.7 Å². The summed E-state index contributed by atoms with van der Waals surface area (Å²) in [4.78, 5) is 14.3. The molecule has 0 bridgehead atoms. The van der Waals surface area contributed by atoms with Gasteiger partial charge in [0.2, 0.25) is 0 Å². The highest BCUT2D eigenvalue weighted by Crippen LogP contribution is 2.42. The summed E-state index contributed by atoms with van der Waals surface area (Å²) >= 11 is 0. The smallest absolute Gasteiger partial charge is 0.135 e. The highest BCUT2D eigenvalue weighted by atomic mass is 19.1. The number of fused-ring (bicyclic) bond motifs is 1. The molecule has 0 spiro atoms. The summed E-state index contributed by atoms with van der Waals surface area (Å²) in [6, 6.07) is 6.04. The van der Waals surface area contributed by atoms with Crippen molar-refractivity contribution in [2.45, 2.75) is 70.6 Å². The van der Waals surface area contributed by atoms with Crippen LogP contribution >= 0.6 is 0 Å². The van der Waals surface area contributed by atoms with E-state index in [1.54, 1.807) is 0 Å². The molecule has 2 fully saturated rings. The van der Waals surface area contributed by atoms with Crippen LogP contribution in [0.15, 0.2) is 36.7 Å².